The molecule has 0 N–H and O–H groups in total. The SMILES string of the molecule is O=C(CCn1sc2ccccc2c1=O)N1CCN(c2cccc(Cl)c2)CC1. The van der Waals surface area contributed by atoms with Gasteiger partial charge < -0.3 is 9.80 Å². The van der Waals surface area contributed by atoms with Crippen LogP contribution in [0.3, 0.4) is 0 Å². The molecule has 1 aliphatic heterocycles. The quantitative estimate of drug-likeness (QED) is 0.672. The number of aryl methyl sites for hydroxylation is 1. The van der Waals surface area contributed by atoms with Crippen LogP contribution in [-0.4, -0.2) is 40.9 Å². The van der Waals surface area contributed by atoms with Crippen molar-refractivity contribution in [1.82, 2.24) is 8.86 Å². The van der Waals surface area contributed by atoms with E-state index in [9.17, 15) is 9.59 Å². The van der Waals surface area contributed by atoms with Gasteiger partial charge >= 0.3 is 0 Å². The number of hydrogen-bond acceptors (Lipinski definition) is 4. The van der Waals surface area contributed by atoms with Gasteiger partial charge in [0.15, 0.2) is 0 Å². The minimum absolute atomic E-state index is 0.00539. The lowest BCUT2D eigenvalue weighted by atomic mass is 10.2. The molecule has 1 amide bonds. The van der Waals surface area contributed by atoms with E-state index in [1.807, 2.05) is 53.4 Å². The molecule has 0 saturated carbocycles. The van der Waals surface area contributed by atoms with Gasteiger partial charge in [0.1, 0.15) is 0 Å². The predicted molar refractivity (Wildman–Crippen MR) is 111 cm³/mol. The molecule has 2 aromatic carbocycles. The number of hydrogen-bond donors (Lipinski definition) is 0. The summed E-state index contributed by atoms with van der Waals surface area (Å²) >= 11 is 7.49. The van der Waals surface area contributed by atoms with Crippen LogP contribution >= 0.6 is 23.1 Å². The van der Waals surface area contributed by atoms with E-state index in [-0.39, 0.29) is 11.5 Å². The van der Waals surface area contributed by atoms with Crippen molar-refractivity contribution in [2.75, 3.05) is 31.1 Å². The molecule has 0 spiro atoms. The fraction of sp³-hybridized carbons (Fsp3) is 0.300. The van der Waals surface area contributed by atoms with Crippen LogP contribution in [-0.2, 0) is 11.3 Å². The molecule has 0 radical (unpaired) electrons. The number of anilines is 1. The summed E-state index contributed by atoms with van der Waals surface area (Å²) in [6, 6.07) is 15.4. The Hall–Kier alpha value is -2.31. The van der Waals surface area contributed by atoms with Gasteiger partial charge in [0, 0.05) is 49.9 Å². The first-order valence-corrected chi connectivity index (χ1v) is 10.1. The first-order valence-electron chi connectivity index (χ1n) is 8.99. The lowest BCUT2D eigenvalue weighted by Gasteiger charge is -2.36. The lowest BCUT2D eigenvalue weighted by molar-refractivity contribution is -0.131. The number of piperazine rings is 1. The summed E-state index contributed by atoms with van der Waals surface area (Å²) in [4.78, 5) is 29.1. The second-order valence-electron chi connectivity index (χ2n) is 6.59. The minimum atomic E-state index is -0.00539. The van der Waals surface area contributed by atoms with Crippen molar-refractivity contribution in [3.63, 3.8) is 0 Å². The van der Waals surface area contributed by atoms with Gasteiger partial charge in [-0.15, -0.1) is 0 Å². The average Bonchev–Trinajstić information content (AvgIpc) is 3.02. The Balaban J connectivity index is 1.34. The normalized spacial score (nSPS) is 14.7. The first-order chi connectivity index (χ1) is 13.1. The van der Waals surface area contributed by atoms with Gasteiger partial charge in [-0.05, 0) is 30.3 Å². The maximum absolute atomic E-state index is 12.6. The van der Waals surface area contributed by atoms with Crippen LogP contribution in [0.25, 0.3) is 10.1 Å². The standard InChI is InChI=1S/C20H20ClN3O2S/c21-15-4-3-5-16(14-15)22-10-12-23(13-11-22)19(25)8-9-24-20(26)17-6-1-2-7-18(17)27-24/h1-7,14H,8-13H2. The zero-order valence-corrected chi connectivity index (χ0v) is 16.4. The summed E-state index contributed by atoms with van der Waals surface area (Å²) in [6.45, 7) is 3.38. The maximum Gasteiger partial charge on any atom is 0.268 e. The minimum Gasteiger partial charge on any atom is -0.368 e. The molecular weight excluding hydrogens is 382 g/mol. The zero-order valence-electron chi connectivity index (χ0n) is 14.8. The molecule has 27 heavy (non-hydrogen) atoms. The molecule has 0 aliphatic carbocycles. The number of fused-ring (bicyclic) bond motifs is 1. The number of aromatic nitrogens is 1. The second kappa shape index (κ2) is 7.74. The monoisotopic (exact) mass is 401 g/mol. The topological polar surface area (TPSA) is 45.6 Å². The van der Waals surface area contributed by atoms with E-state index in [1.54, 1.807) is 3.96 Å². The third kappa shape index (κ3) is 3.87. The number of carbonyl (C=O) groups excluding carboxylic acids is 1. The highest BCUT2D eigenvalue weighted by Crippen LogP contribution is 2.21. The lowest BCUT2D eigenvalue weighted by Crippen LogP contribution is -2.49. The van der Waals surface area contributed by atoms with Crippen molar-refractivity contribution < 1.29 is 4.79 Å². The molecule has 0 unspecified atom stereocenters. The van der Waals surface area contributed by atoms with Crippen molar-refractivity contribution in [2.24, 2.45) is 0 Å². The zero-order chi connectivity index (χ0) is 18.8. The van der Waals surface area contributed by atoms with Gasteiger partial charge in [0.25, 0.3) is 5.56 Å². The third-order valence-corrected chi connectivity index (χ3v) is 6.24. The molecule has 3 aromatic rings. The average molecular weight is 402 g/mol. The summed E-state index contributed by atoms with van der Waals surface area (Å²) in [6.07, 6.45) is 0.351. The number of halogens is 1. The van der Waals surface area contributed by atoms with Crippen LogP contribution in [0.15, 0.2) is 53.3 Å². The van der Waals surface area contributed by atoms with E-state index in [0.717, 1.165) is 33.9 Å². The smallest absolute Gasteiger partial charge is 0.268 e. The largest absolute Gasteiger partial charge is 0.368 e. The Morgan fingerprint density at radius 1 is 1.04 bits per heavy atom. The highest BCUT2D eigenvalue weighted by atomic mass is 35.5. The van der Waals surface area contributed by atoms with Crippen molar-refractivity contribution in [3.8, 4) is 0 Å². The molecule has 1 saturated heterocycles. The van der Waals surface area contributed by atoms with Crippen LogP contribution in [0.1, 0.15) is 6.42 Å². The molecule has 1 aliphatic rings. The Morgan fingerprint density at radius 3 is 2.56 bits per heavy atom. The summed E-state index contributed by atoms with van der Waals surface area (Å²) in [7, 11) is 0. The summed E-state index contributed by atoms with van der Waals surface area (Å²) in [5.74, 6) is 0.102. The second-order valence-corrected chi connectivity index (χ2v) is 8.09. The van der Waals surface area contributed by atoms with Crippen LogP contribution in [0, 0.1) is 0 Å². The molecular formula is C20H20ClN3O2S. The van der Waals surface area contributed by atoms with Crippen LogP contribution in [0.2, 0.25) is 5.02 Å². The van der Waals surface area contributed by atoms with E-state index < -0.39 is 0 Å². The van der Waals surface area contributed by atoms with Crippen molar-refractivity contribution in [2.45, 2.75) is 13.0 Å². The predicted octanol–water partition coefficient (Wildman–Crippen LogP) is 3.46. The van der Waals surface area contributed by atoms with Crippen LogP contribution in [0.5, 0.6) is 0 Å². The number of nitrogens with zero attached hydrogens (tertiary/aromatic N) is 3. The summed E-state index contributed by atoms with van der Waals surface area (Å²) in [5, 5.41) is 1.45. The van der Waals surface area contributed by atoms with Gasteiger partial charge in [0.2, 0.25) is 5.91 Å². The third-order valence-electron chi connectivity index (χ3n) is 4.89. The highest BCUT2D eigenvalue weighted by molar-refractivity contribution is 7.13. The van der Waals surface area contributed by atoms with Gasteiger partial charge in [-0.25, -0.2) is 0 Å². The summed E-state index contributed by atoms with van der Waals surface area (Å²) in [5.41, 5.74) is 1.08. The Bertz CT molecular complexity index is 1020. The van der Waals surface area contributed by atoms with E-state index in [0.29, 0.717) is 26.1 Å². The van der Waals surface area contributed by atoms with Crippen LogP contribution < -0.4 is 10.5 Å². The van der Waals surface area contributed by atoms with Crippen molar-refractivity contribution in [1.29, 1.82) is 0 Å². The number of carbonyl (C=O) groups is 1. The molecule has 0 atom stereocenters. The fourth-order valence-electron chi connectivity index (χ4n) is 3.41. The molecule has 4 rings (SSSR count). The fourth-order valence-corrected chi connectivity index (χ4v) is 4.59. The number of amides is 1. The summed E-state index contributed by atoms with van der Waals surface area (Å²) < 4.78 is 2.65. The van der Waals surface area contributed by atoms with Gasteiger partial charge in [0.05, 0.1) is 10.1 Å². The maximum atomic E-state index is 12.6. The van der Waals surface area contributed by atoms with Gasteiger partial charge in [-0.2, -0.15) is 0 Å². The number of benzene rings is 2. The molecule has 1 aromatic heterocycles. The van der Waals surface area contributed by atoms with Crippen molar-refractivity contribution >= 4 is 44.8 Å². The highest BCUT2D eigenvalue weighted by Gasteiger charge is 2.21. The number of rotatable bonds is 4. The van der Waals surface area contributed by atoms with E-state index in [2.05, 4.69) is 4.90 Å². The molecule has 1 fully saturated rings. The van der Waals surface area contributed by atoms with E-state index >= 15 is 0 Å². The molecule has 2 heterocycles. The molecule has 140 valence electrons. The Morgan fingerprint density at radius 2 is 1.81 bits per heavy atom. The first kappa shape index (κ1) is 18.1. The molecule has 7 heteroatoms. The van der Waals surface area contributed by atoms with Crippen LogP contribution in [0.4, 0.5) is 5.69 Å². The van der Waals surface area contributed by atoms with Gasteiger partial charge in [-0.3, -0.25) is 13.5 Å². The molecule has 0 bridgehead atoms. The van der Waals surface area contributed by atoms with Crippen molar-refractivity contribution in [3.05, 3.63) is 63.9 Å². The molecule has 5 nitrogen and oxygen atoms in total. The van der Waals surface area contributed by atoms with E-state index in [4.69, 9.17) is 11.6 Å². The van der Waals surface area contributed by atoms with E-state index in [1.165, 1.54) is 11.5 Å². The van der Waals surface area contributed by atoms with Gasteiger partial charge in [-0.1, -0.05) is 41.3 Å². The Kier molecular flexibility index (Phi) is 5.18. The Labute approximate surface area is 166 Å².